The van der Waals surface area contributed by atoms with Gasteiger partial charge in [-0.15, -0.1) is 0 Å². The van der Waals surface area contributed by atoms with Gasteiger partial charge in [-0.3, -0.25) is 4.68 Å². The Morgan fingerprint density at radius 1 is 1.40 bits per heavy atom. The lowest BCUT2D eigenvalue weighted by molar-refractivity contribution is -0.174. The van der Waals surface area contributed by atoms with Crippen molar-refractivity contribution in [3.63, 3.8) is 0 Å². The molecule has 0 saturated carbocycles. The van der Waals surface area contributed by atoms with Crippen molar-refractivity contribution in [1.29, 1.82) is 0 Å². The van der Waals surface area contributed by atoms with E-state index >= 15 is 0 Å². The lowest BCUT2D eigenvalue weighted by atomic mass is 10.1. The van der Waals surface area contributed by atoms with Crippen molar-refractivity contribution in [1.82, 2.24) is 15.1 Å². The second-order valence-electron chi connectivity index (χ2n) is 4.59. The molecule has 1 atom stereocenters. The van der Waals surface area contributed by atoms with Gasteiger partial charge in [0.1, 0.15) is 6.61 Å². The summed E-state index contributed by atoms with van der Waals surface area (Å²) in [5, 5.41) is 7.49. The lowest BCUT2D eigenvalue weighted by Gasteiger charge is -2.17. The number of halogens is 3. The molecular formula is C13H22F3N3O. The summed E-state index contributed by atoms with van der Waals surface area (Å²) in [6.07, 6.45) is 0.852. The highest BCUT2D eigenvalue weighted by Crippen LogP contribution is 2.18. The van der Waals surface area contributed by atoms with E-state index in [9.17, 15) is 13.2 Å². The number of rotatable bonds is 9. The fourth-order valence-electron chi connectivity index (χ4n) is 1.83. The molecule has 20 heavy (non-hydrogen) atoms. The van der Waals surface area contributed by atoms with E-state index in [1.54, 1.807) is 10.9 Å². The summed E-state index contributed by atoms with van der Waals surface area (Å²) in [5.41, 5.74) is 0.982. The summed E-state index contributed by atoms with van der Waals surface area (Å²) in [6.45, 7) is 4.48. The maximum absolute atomic E-state index is 12.0. The van der Waals surface area contributed by atoms with Crippen LogP contribution in [0.25, 0.3) is 0 Å². The molecule has 0 aliphatic carbocycles. The van der Waals surface area contributed by atoms with Gasteiger partial charge in [0, 0.05) is 31.0 Å². The van der Waals surface area contributed by atoms with E-state index in [2.05, 4.69) is 15.2 Å². The zero-order valence-corrected chi connectivity index (χ0v) is 11.9. The van der Waals surface area contributed by atoms with Crippen molar-refractivity contribution in [2.24, 2.45) is 0 Å². The smallest absolute Gasteiger partial charge is 0.372 e. The summed E-state index contributed by atoms with van der Waals surface area (Å²) in [6, 6.07) is -0.0246. The largest absolute Gasteiger partial charge is 0.411 e. The van der Waals surface area contributed by atoms with Gasteiger partial charge in [-0.2, -0.15) is 18.3 Å². The molecule has 0 bridgehead atoms. The number of alkyl halides is 3. The van der Waals surface area contributed by atoms with Crippen LogP contribution in [0.5, 0.6) is 0 Å². The predicted octanol–water partition coefficient (Wildman–Crippen LogP) is 2.91. The van der Waals surface area contributed by atoms with E-state index in [0.29, 0.717) is 6.42 Å². The van der Waals surface area contributed by atoms with Crippen molar-refractivity contribution in [3.8, 4) is 0 Å². The first-order chi connectivity index (χ1) is 9.46. The summed E-state index contributed by atoms with van der Waals surface area (Å²) >= 11 is 0. The minimum Gasteiger partial charge on any atom is -0.372 e. The molecule has 4 nitrogen and oxygen atoms in total. The molecule has 0 fully saturated rings. The fraction of sp³-hybridized carbons (Fsp3) is 0.769. The van der Waals surface area contributed by atoms with Crippen LogP contribution < -0.4 is 5.32 Å². The van der Waals surface area contributed by atoms with E-state index in [4.69, 9.17) is 0 Å². The minimum absolute atomic E-state index is 0.0246. The van der Waals surface area contributed by atoms with Crippen LogP contribution in [0.4, 0.5) is 13.2 Å². The third-order valence-corrected chi connectivity index (χ3v) is 2.84. The molecule has 1 aromatic rings. The predicted molar refractivity (Wildman–Crippen MR) is 70.4 cm³/mol. The number of nitrogens with zero attached hydrogens (tertiary/aromatic N) is 2. The average molecular weight is 293 g/mol. The van der Waals surface area contributed by atoms with Gasteiger partial charge in [-0.05, 0) is 26.3 Å². The van der Waals surface area contributed by atoms with Crippen molar-refractivity contribution in [3.05, 3.63) is 18.0 Å². The number of aryl methyl sites for hydroxylation is 1. The highest BCUT2D eigenvalue weighted by Gasteiger charge is 2.27. The van der Waals surface area contributed by atoms with Crippen LogP contribution in [0.2, 0.25) is 0 Å². The Labute approximate surface area is 117 Å². The molecule has 7 heteroatoms. The SMILES string of the molecule is CCCNC(CCOCC(F)(F)F)c1cnn(CC)c1. The molecule has 0 aliphatic rings. The van der Waals surface area contributed by atoms with Crippen LogP contribution in [0.3, 0.4) is 0 Å². The second kappa shape index (κ2) is 8.26. The van der Waals surface area contributed by atoms with Gasteiger partial charge in [-0.1, -0.05) is 6.92 Å². The van der Waals surface area contributed by atoms with E-state index in [0.717, 1.165) is 25.1 Å². The summed E-state index contributed by atoms with van der Waals surface area (Å²) < 4.78 is 42.5. The van der Waals surface area contributed by atoms with Crippen molar-refractivity contribution < 1.29 is 17.9 Å². The average Bonchev–Trinajstić information content (AvgIpc) is 2.85. The zero-order valence-electron chi connectivity index (χ0n) is 11.9. The second-order valence-corrected chi connectivity index (χ2v) is 4.59. The highest BCUT2D eigenvalue weighted by atomic mass is 19.4. The molecule has 1 N–H and O–H groups in total. The molecule has 116 valence electrons. The summed E-state index contributed by atoms with van der Waals surface area (Å²) in [4.78, 5) is 0. The maximum Gasteiger partial charge on any atom is 0.411 e. The van der Waals surface area contributed by atoms with E-state index < -0.39 is 12.8 Å². The standard InChI is InChI=1S/C13H22F3N3O/c1-3-6-17-12(5-7-20-10-13(14,15)16)11-8-18-19(4-2)9-11/h8-9,12,17H,3-7,10H2,1-2H3. The third kappa shape index (κ3) is 6.38. The lowest BCUT2D eigenvalue weighted by Crippen LogP contribution is -2.24. The summed E-state index contributed by atoms with van der Waals surface area (Å²) in [7, 11) is 0. The number of hydrogen-bond donors (Lipinski definition) is 1. The zero-order chi connectivity index (χ0) is 15.0. The van der Waals surface area contributed by atoms with Crippen molar-refractivity contribution >= 4 is 0 Å². The molecule has 0 saturated heterocycles. The monoisotopic (exact) mass is 293 g/mol. The number of aromatic nitrogens is 2. The maximum atomic E-state index is 12.0. The first kappa shape index (κ1) is 17.0. The molecule has 1 aromatic heterocycles. The Balaban J connectivity index is 2.47. The van der Waals surface area contributed by atoms with E-state index in [-0.39, 0.29) is 12.6 Å². The number of nitrogens with one attached hydrogen (secondary N) is 1. The van der Waals surface area contributed by atoms with Crippen LogP contribution in [0.1, 0.15) is 38.3 Å². The Kier molecular flexibility index (Phi) is 7.01. The fourth-order valence-corrected chi connectivity index (χ4v) is 1.83. The van der Waals surface area contributed by atoms with Crippen LogP contribution in [-0.2, 0) is 11.3 Å². The molecule has 1 unspecified atom stereocenters. The van der Waals surface area contributed by atoms with Gasteiger partial charge < -0.3 is 10.1 Å². The van der Waals surface area contributed by atoms with Crippen LogP contribution in [-0.4, -0.2) is 35.7 Å². The van der Waals surface area contributed by atoms with Gasteiger partial charge in [0.05, 0.1) is 6.20 Å². The molecular weight excluding hydrogens is 271 g/mol. The first-order valence-electron chi connectivity index (χ1n) is 6.86. The Morgan fingerprint density at radius 3 is 2.70 bits per heavy atom. The topological polar surface area (TPSA) is 39.1 Å². The van der Waals surface area contributed by atoms with Gasteiger partial charge in [0.25, 0.3) is 0 Å². The van der Waals surface area contributed by atoms with E-state index in [1.165, 1.54) is 0 Å². The van der Waals surface area contributed by atoms with Gasteiger partial charge in [0.2, 0.25) is 0 Å². The van der Waals surface area contributed by atoms with Gasteiger partial charge in [0.15, 0.2) is 0 Å². The quantitative estimate of drug-likeness (QED) is 0.712. The molecule has 0 amide bonds. The summed E-state index contributed by atoms with van der Waals surface area (Å²) in [5.74, 6) is 0. The van der Waals surface area contributed by atoms with Crippen LogP contribution in [0, 0.1) is 0 Å². The normalized spacial score (nSPS) is 13.7. The van der Waals surface area contributed by atoms with Gasteiger partial charge >= 0.3 is 6.18 Å². The van der Waals surface area contributed by atoms with Gasteiger partial charge in [-0.25, -0.2) is 0 Å². The Bertz CT molecular complexity index is 379. The molecule has 0 spiro atoms. The molecule has 0 aromatic carbocycles. The molecule has 0 aliphatic heterocycles. The number of hydrogen-bond acceptors (Lipinski definition) is 3. The van der Waals surface area contributed by atoms with Crippen molar-refractivity contribution in [2.75, 3.05) is 19.8 Å². The molecule has 0 radical (unpaired) electrons. The Morgan fingerprint density at radius 2 is 2.15 bits per heavy atom. The minimum atomic E-state index is -4.26. The molecule has 1 heterocycles. The first-order valence-corrected chi connectivity index (χ1v) is 6.86. The Hall–Kier alpha value is -1.08. The van der Waals surface area contributed by atoms with E-state index in [1.807, 2.05) is 20.0 Å². The highest BCUT2D eigenvalue weighted by molar-refractivity contribution is 5.10. The van der Waals surface area contributed by atoms with Crippen molar-refractivity contribution in [2.45, 2.75) is 45.5 Å². The third-order valence-electron chi connectivity index (χ3n) is 2.84. The number of ether oxygens (including phenoxy) is 1. The van der Waals surface area contributed by atoms with Crippen LogP contribution >= 0.6 is 0 Å². The van der Waals surface area contributed by atoms with Crippen LogP contribution in [0.15, 0.2) is 12.4 Å². The molecule has 1 rings (SSSR count).